The third-order valence-corrected chi connectivity index (χ3v) is 4.55. The van der Waals surface area contributed by atoms with Crippen molar-refractivity contribution < 1.29 is 9.59 Å². The normalized spacial score (nSPS) is 15.5. The number of rotatable bonds is 2. The fourth-order valence-corrected chi connectivity index (χ4v) is 3.29. The van der Waals surface area contributed by atoms with Crippen molar-refractivity contribution in [3.63, 3.8) is 0 Å². The number of amides is 2. The quantitative estimate of drug-likeness (QED) is 0.903. The maximum absolute atomic E-state index is 11.7. The summed E-state index contributed by atoms with van der Waals surface area (Å²) in [4.78, 5) is 24.5. The Bertz CT molecular complexity index is 770. The van der Waals surface area contributed by atoms with Gasteiger partial charge in [0.15, 0.2) is 0 Å². The number of para-hydroxylation sites is 2. The van der Waals surface area contributed by atoms with Gasteiger partial charge in [-0.1, -0.05) is 43.3 Å². The van der Waals surface area contributed by atoms with Gasteiger partial charge in [0.25, 0.3) is 0 Å². The lowest BCUT2D eigenvalue weighted by atomic mass is 10.0. The molecule has 0 aromatic heterocycles. The molecule has 4 nitrogen and oxygen atoms in total. The van der Waals surface area contributed by atoms with E-state index in [0.29, 0.717) is 12.8 Å². The van der Waals surface area contributed by atoms with E-state index in [2.05, 4.69) is 24.4 Å². The van der Waals surface area contributed by atoms with Crippen molar-refractivity contribution in [2.45, 2.75) is 39.0 Å². The van der Waals surface area contributed by atoms with Crippen molar-refractivity contribution in [3.05, 3.63) is 59.7 Å². The highest BCUT2D eigenvalue weighted by molar-refractivity contribution is 5.96. The Kier molecular flexibility index (Phi) is 5.49. The van der Waals surface area contributed by atoms with E-state index >= 15 is 0 Å². The number of anilines is 2. The number of benzene rings is 2. The zero-order valence-corrected chi connectivity index (χ0v) is 14.6. The third-order valence-electron chi connectivity index (χ3n) is 4.55. The third kappa shape index (κ3) is 4.08. The molecule has 0 unspecified atom stereocenters. The number of hydrogen-bond acceptors (Lipinski definition) is 2. The largest absolute Gasteiger partial charge is 0.326 e. The van der Waals surface area contributed by atoms with Crippen LogP contribution in [0.2, 0.25) is 0 Å². The van der Waals surface area contributed by atoms with Crippen LogP contribution in [0.4, 0.5) is 11.4 Å². The lowest BCUT2D eigenvalue weighted by Crippen LogP contribution is -2.35. The molecule has 0 radical (unpaired) electrons. The van der Waals surface area contributed by atoms with Gasteiger partial charge in [0.2, 0.25) is 11.8 Å². The fourth-order valence-electron chi connectivity index (χ4n) is 3.29. The van der Waals surface area contributed by atoms with E-state index in [1.165, 1.54) is 11.1 Å². The van der Waals surface area contributed by atoms with Crippen molar-refractivity contribution >= 4 is 23.2 Å². The lowest BCUT2D eigenvalue weighted by molar-refractivity contribution is -0.119. The van der Waals surface area contributed by atoms with Crippen LogP contribution in [0.3, 0.4) is 0 Å². The molecule has 0 spiro atoms. The first-order valence-electron chi connectivity index (χ1n) is 8.95. The van der Waals surface area contributed by atoms with Crippen molar-refractivity contribution in [1.82, 2.24) is 0 Å². The molecular weight excluding hydrogens is 312 g/mol. The Morgan fingerprint density at radius 1 is 0.880 bits per heavy atom. The van der Waals surface area contributed by atoms with E-state index in [-0.39, 0.29) is 11.8 Å². The summed E-state index contributed by atoms with van der Waals surface area (Å²) in [6.07, 6.45) is 4.07. The number of aryl methyl sites for hydroxylation is 2. The number of nitrogens with one attached hydrogen (secondary N) is 1. The zero-order chi connectivity index (χ0) is 17.6. The van der Waals surface area contributed by atoms with Crippen LogP contribution < -0.4 is 10.2 Å². The first kappa shape index (κ1) is 17.2. The summed E-state index contributed by atoms with van der Waals surface area (Å²) in [7, 11) is 0. The highest BCUT2D eigenvalue weighted by Gasteiger charge is 2.22. The monoisotopic (exact) mass is 336 g/mol. The average molecular weight is 336 g/mol. The summed E-state index contributed by atoms with van der Waals surface area (Å²) in [5, 5.41) is 2.82. The Hall–Kier alpha value is -2.62. The number of carbonyl (C=O) groups excluding carboxylic acids is 2. The van der Waals surface area contributed by atoms with Crippen LogP contribution in [0.5, 0.6) is 0 Å². The summed E-state index contributed by atoms with van der Waals surface area (Å²) in [6, 6.07) is 16.1. The molecule has 25 heavy (non-hydrogen) atoms. The van der Waals surface area contributed by atoms with Crippen LogP contribution in [0.15, 0.2) is 48.5 Å². The van der Waals surface area contributed by atoms with E-state index in [1.54, 1.807) is 0 Å². The molecule has 0 fully saturated rings. The highest BCUT2D eigenvalue weighted by Crippen LogP contribution is 2.27. The van der Waals surface area contributed by atoms with Gasteiger partial charge in [-0.15, -0.1) is 0 Å². The van der Waals surface area contributed by atoms with Crippen LogP contribution in [0, 0.1) is 0 Å². The van der Waals surface area contributed by atoms with Crippen molar-refractivity contribution in [1.29, 1.82) is 0 Å². The fraction of sp³-hybridized carbons (Fsp3) is 0.333. The Balaban J connectivity index is 0.000000150. The molecule has 2 aliphatic rings. The van der Waals surface area contributed by atoms with Crippen LogP contribution in [-0.4, -0.2) is 18.4 Å². The van der Waals surface area contributed by atoms with Gasteiger partial charge in [0, 0.05) is 30.8 Å². The van der Waals surface area contributed by atoms with Crippen LogP contribution >= 0.6 is 0 Å². The summed E-state index contributed by atoms with van der Waals surface area (Å²) >= 11 is 0. The van der Waals surface area contributed by atoms with E-state index < -0.39 is 0 Å². The van der Waals surface area contributed by atoms with Gasteiger partial charge in [-0.3, -0.25) is 9.59 Å². The van der Waals surface area contributed by atoms with E-state index in [1.807, 2.05) is 41.3 Å². The summed E-state index contributed by atoms with van der Waals surface area (Å²) in [5.74, 6) is 0.397. The lowest BCUT2D eigenvalue weighted by Gasteiger charge is -2.28. The summed E-state index contributed by atoms with van der Waals surface area (Å²) in [5.41, 5.74) is 4.64. The summed E-state index contributed by atoms with van der Waals surface area (Å²) < 4.78 is 0. The minimum atomic E-state index is 0.128. The summed E-state index contributed by atoms with van der Waals surface area (Å²) in [6.45, 7) is 2.94. The SMILES string of the molecule is CCCN1C(=O)CCc2ccccc21.O=C1CCc2ccccc2N1. The molecule has 0 saturated carbocycles. The number of hydrogen-bond donors (Lipinski definition) is 1. The standard InChI is InChI=1S/C12H15NO.C9H9NO/c1-2-9-13-11-6-4-3-5-10(11)7-8-12(13)14;11-9-6-5-7-3-1-2-4-8(7)10-9/h3-6H,2,7-9H2,1H3;1-4H,5-6H2,(H,10,11). The highest BCUT2D eigenvalue weighted by atomic mass is 16.2. The molecule has 2 aliphatic heterocycles. The molecule has 0 bridgehead atoms. The van der Waals surface area contributed by atoms with Crippen molar-refractivity contribution in [3.8, 4) is 0 Å². The van der Waals surface area contributed by atoms with Crippen molar-refractivity contribution in [2.24, 2.45) is 0 Å². The second-order valence-electron chi connectivity index (χ2n) is 6.38. The van der Waals surface area contributed by atoms with Gasteiger partial charge in [-0.25, -0.2) is 0 Å². The first-order valence-corrected chi connectivity index (χ1v) is 8.95. The maximum Gasteiger partial charge on any atom is 0.227 e. The van der Waals surface area contributed by atoms with Crippen molar-refractivity contribution in [2.75, 3.05) is 16.8 Å². The molecule has 2 amide bonds. The van der Waals surface area contributed by atoms with E-state index in [4.69, 9.17) is 0 Å². The molecule has 2 aromatic rings. The number of nitrogens with zero attached hydrogens (tertiary/aromatic N) is 1. The topological polar surface area (TPSA) is 49.4 Å². The molecule has 0 aliphatic carbocycles. The molecular formula is C21H24N2O2. The second kappa shape index (κ2) is 7.97. The first-order chi connectivity index (χ1) is 12.2. The van der Waals surface area contributed by atoms with E-state index in [0.717, 1.165) is 37.2 Å². The number of fused-ring (bicyclic) bond motifs is 2. The molecule has 0 atom stereocenters. The van der Waals surface area contributed by atoms with Gasteiger partial charge >= 0.3 is 0 Å². The van der Waals surface area contributed by atoms with Gasteiger partial charge < -0.3 is 10.2 Å². The van der Waals surface area contributed by atoms with Crippen LogP contribution in [0.1, 0.15) is 37.3 Å². The van der Waals surface area contributed by atoms with Crippen LogP contribution in [0.25, 0.3) is 0 Å². The maximum atomic E-state index is 11.7. The minimum absolute atomic E-state index is 0.128. The predicted octanol–water partition coefficient (Wildman–Crippen LogP) is 3.95. The molecule has 2 aromatic carbocycles. The molecule has 130 valence electrons. The Morgan fingerprint density at radius 2 is 1.56 bits per heavy atom. The zero-order valence-electron chi connectivity index (χ0n) is 14.6. The molecule has 0 saturated heterocycles. The van der Waals surface area contributed by atoms with Gasteiger partial charge in [0.1, 0.15) is 0 Å². The predicted molar refractivity (Wildman–Crippen MR) is 101 cm³/mol. The molecule has 2 heterocycles. The number of carbonyl (C=O) groups is 2. The minimum Gasteiger partial charge on any atom is -0.326 e. The average Bonchev–Trinajstić information content (AvgIpc) is 2.64. The van der Waals surface area contributed by atoms with Gasteiger partial charge in [-0.2, -0.15) is 0 Å². The molecule has 1 N–H and O–H groups in total. The smallest absolute Gasteiger partial charge is 0.227 e. The Labute approximate surface area is 148 Å². The molecule has 4 rings (SSSR count). The Morgan fingerprint density at radius 3 is 2.36 bits per heavy atom. The second-order valence-corrected chi connectivity index (χ2v) is 6.38. The van der Waals surface area contributed by atoms with Gasteiger partial charge in [0.05, 0.1) is 0 Å². The van der Waals surface area contributed by atoms with Gasteiger partial charge in [-0.05, 0) is 42.5 Å². The molecule has 4 heteroatoms. The van der Waals surface area contributed by atoms with E-state index in [9.17, 15) is 9.59 Å². The van der Waals surface area contributed by atoms with Crippen LogP contribution in [-0.2, 0) is 22.4 Å².